The summed E-state index contributed by atoms with van der Waals surface area (Å²) in [5, 5.41) is 4.94. The molecule has 2 amide bonds. The van der Waals surface area contributed by atoms with Gasteiger partial charge in [-0.25, -0.2) is 17.5 Å². The molecule has 0 saturated carbocycles. The van der Waals surface area contributed by atoms with E-state index in [0.29, 0.717) is 6.54 Å². The number of nitrogens with zero attached hydrogens (tertiary/aromatic N) is 1. The van der Waals surface area contributed by atoms with Crippen molar-refractivity contribution in [2.45, 2.75) is 24.8 Å². The average Bonchev–Trinajstić information content (AvgIpc) is 2.59. The van der Waals surface area contributed by atoms with Crippen LogP contribution in [0.5, 0.6) is 0 Å². The second-order valence-corrected chi connectivity index (χ2v) is 7.73. The van der Waals surface area contributed by atoms with Crippen LogP contribution in [0.2, 0.25) is 0 Å². The van der Waals surface area contributed by atoms with Crippen LogP contribution in [0.1, 0.15) is 24.2 Å². The van der Waals surface area contributed by atoms with E-state index in [1.54, 1.807) is 6.92 Å². The molecule has 0 spiro atoms. The number of carbonyl (C=O) groups excluding carboxylic acids is 3. The van der Waals surface area contributed by atoms with E-state index in [0.717, 1.165) is 4.31 Å². The van der Waals surface area contributed by atoms with Crippen LogP contribution in [0.4, 0.5) is 0 Å². The lowest BCUT2D eigenvalue weighted by molar-refractivity contribution is -0.130. The first-order valence-electron chi connectivity index (χ1n) is 7.86. The summed E-state index contributed by atoms with van der Waals surface area (Å²) in [6.07, 6.45) is 0. The molecule has 0 aromatic heterocycles. The van der Waals surface area contributed by atoms with Crippen LogP contribution in [0.3, 0.4) is 0 Å². The zero-order valence-corrected chi connectivity index (χ0v) is 15.9. The molecule has 0 saturated heterocycles. The van der Waals surface area contributed by atoms with Crippen LogP contribution >= 0.6 is 0 Å². The Kier molecular flexibility index (Phi) is 7.72. The molecule has 0 aliphatic heterocycles. The van der Waals surface area contributed by atoms with Gasteiger partial charge in [0.15, 0.2) is 6.61 Å². The van der Waals surface area contributed by atoms with Crippen molar-refractivity contribution in [3.8, 4) is 0 Å². The van der Waals surface area contributed by atoms with Gasteiger partial charge in [-0.2, -0.15) is 0 Å². The maximum Gasteiger partial charge on any atom is 0.338 e. The highest BCUT2D eigenvalue weighted by Crippen LogP contribution is 2.15. The van der Waals surface area contributed by atoms with Crippen molar-refractivity contribution >= 4 is 27.8 Å². The zero-order valence-electron chi connectivity index (χ0n) is 15.1. The first-order chi connectivity index (χ1) is 12.1. The molecule has 26 heavy (non-hydrogen) atoms. The fourth-order valence-corrected chi connectivity index (χ4v) is 2.83. The number of amides is 2. The first-order valence-corrected chi connectivity index (χ1v) is 9.30. The van der Waals surface area contributed by atoms with Gasteiger partial charge in [0.2, 0.25) is 15.9 Å². The molecule has 0 aliphatic rings. The van der Waals surface area contributed by atoms with Crippen molar-refractivity contribution < 1.29 is 27.5 Å². The van der Waals surface area contributed by atoms with Crippen LogP contribution < -0.4 is 10.6 Å². The Labute approximate surface area is 152 Å². The van der Waals surface area contributed by atoms with E-state index in [1.807, 2.05) is 0 Å². The molecule has 144 valence electrons. The van der Waals surface area contributed by atoms with Crippen molar-refractivity contribution in [2.75, 3.05) is 27.2 Å². The van der Waals surface area contributed by atoms with E-state index in [2.05, 4.69) is 10.6 Å². The number of esters is 1. The summed E-state index contributed by atoms with van der Waals surface area (Å²) >= 11 is 0. The molecule has 0 radical (unpaired) electrons. The Hall–Kier alpha value is -2.46. The van der Waals surface area contributed by atoms with E-state index >= 15 is 0 Å². The lowest BCUT2D eigenvalue weighted by atomic mass is 10.2. The topological polar surface area (TPSA) is 122 Å². The number of hydrogen-bond donors (Lipinski definition) is 2. The maximum atomic E-state index is 12.1. The second-order valence-electron chi connectivity index (χ2n) is 5.58. The second kappa shape index (κ2) is 9.30. The number of ether oxygens (including phenoxy) is 1. The Morgan fingerprint density at radius 1 is 1.23 bits per heavy atom. The molecular weight excluding hydrogens is 362 g/mol. The summed E-state index contributed by atoms with van der Waals surface area (Å²) in [6, 6.07) is 4.55. The molecule has 10 heteroatoms. The Morgan fingerprint density at radius 3 is 2.46 bits per heavy atom. The van der Waals surface area contributed by atoms with E-state index in [9.17, 15) is 22.8 Å². The summed E-state index contributed by atoms with van der Waals surface area (Å²) in [5.74, 6) is -1.84. The standard InChI is InChI=1S/C16H23N3O6S/c1-5-17-15(21)11(2)18-14(20)10-25-16(22)12-7-6-8-13(9-12)26(23,24)19(3)4/h6-9,11H,5,10H2,1-4H3,(H,17,21)(H,18,20)/t11-/m0/s1. The highest BCUT2D eigenvalue weighted by atomic mass is 32.2. The normalized spacial score (nSPS) is 12.3. The molecular formula is C16H23N3O6S. The van der Waals surface area contributed by atoms with Gasteiger partial charge in [-0.3, -0.25) is 9.59 Å². The summed E-state index contributed by atoms with van der Waals surface area (Å²) in [7, 11) is -0.942. The van der Waals surface area contributed by atoms with Gasteiger partial charge in [-0.15, -0.1) is 0 Å². The van der Waals surface area contributed by atoms with Crippen molar-refractivity contribution in [3.63, 3.8) is 0 Å². The van der Waals surface area contributed by atoms with Crippen molar-refractivity contribution in [1.29, 1.82) is 0 Å². The minimum Gasteiger partial charge on any atom is -0.452 e. The number of carbonyl (C=O) groups is 3. The molecule has 1 aromatic carbocycles. The fraction of sp³-hybridized carbons (Fsp3) is 0.438. The third kappa shape index (κ3) is 5.81. The summed E-state index contributed by atoms with van der Waals surface area (Å²) in [4.78, 5) is 35.2. The molecule has 2 N–H and O–H groups in total. The van der Waals surface area contributed by atoms with E-state index < -0.39 is 34.5 Å². The Morgan fingerprint density at radius 2 is 1.88 bits per heavy atom. The number of benzene rings is 1. The van der Waals surface area contributed by atoms with Crippen LogP contribution in [0.25, 0.3) is 0 Å². The van der Waals surface area contributed by atoms with Gasteiger partial charge < -0.3 is 15.4 Å². The molecule has 1 atom stereocenters. The van der Waals surface area contributed by atoms with Crippen LogP contribution in [0, 0.1) is 0 Å². The smallest absolute Gasteiger partial charge is 0.338 e. The monoisotopic (exact) mass is 385 g/mol. The Bertz CT molecular complexity index is 776. The molecule has 0 bridgehead atoms. The molecule has 0 aliphatic carbocycles. The Balaban J connectivity index is 2.69. The maximum absolute atomic E-state index is 12.1. The van der Waals surface area contributed by atoms with Gasteiger partial charge in [0.05, 0.1) is 10.5 Å². The van der Waals surface area contributed by atoms with Gasteiger partial charge in [-0.1, -0.05) is 6.07 Å². The van der Waals surface area contributed by atoms with Crippen molar-refractivity contribution in [3.05, 3.63) is 29.8 Å². The fourth-order valence-electron chi connectivity index (χ4n) is 1.88. The van der Waals surface area contributed by atoms with Crippen LogP contribution in [0.15, 0.2) is 29.2 Å². The average molecular weight is 385 g/mol. The zero-order chi connectivity index (χ0) is 19.9. The molecule has 0 unspecified atom stereocenters. The molecule has 0 fully saturated rings. The van der Waals surface area contributed by atoms with Gasteiger partial charge in [0.1, 0.15) is 6.04 Å². The highest BCUT2D eigenvalue weighted by Gasteiger charge is 2.20. The summed E-state index contributed by atoms with van der Waals surface area (Å²) < 4.78 is 30.1. The third-order valence-electron chi connectivity index (χ3n) is 3.30. The van der Waals surface area contributed by atoms with Gasteiger partial charge in [0, 0.05) is 20.6 Å². The minimum atomic E-state index is -3.69. The van der Waals surface area contributed by atoms with E-state index in [1.165, 1.54) is 45.3 Å². The lowest BCUT2D eigenvalue weighted by Gasteiger charge is -2.14. The first kappa shape index (κ1) is 21.6. The number of likely N-dealkylation sites (N-methyl/N-ethyl adjacent to an activating group) is 1. The summed E-state index contributed by atoms with van der Waals surface area (Å²) in [6.45, 7) is 3.09. The van der Waals surface area contributed by atoms with Crippen LogP contribution in [-0.4, -0.2) is 63.8 Å². The predicted octanol–water partition coefficient (Wildman–Crippen LogP) is -0.265. The van der Waals surface area contributed by atoms with E-state index in [4.69, 9.17) is 4.74 Å². The number of sulfonamides is 1. The van der Waals surface area contributed by atoms with E-state index in [-0.39, 0.29) is 16.4 Å². The highest BCUT2D eigenvalue weighted by molar-refractivity contribution is 7.89. The minimum absolute atomic E-state index is 0.00232. The number of nitrogens with one attached hydrogen (secondary N) is 2. The molecule has 0 heterocycles. The lowest BCUT2D eigenvalue weighted by Crippen LogP contribution is -2.46. The number of hydrogen-bond acceptors (Lipinski definition) is 6. The van der Waals surface area contributed by atoms with Gasteiger partial charge >= 0.3 is 5.97 Å². The number of rotatable bonds is 8. The van der Waals surface area contributed by atoms with Crippen molar-refractivity contribution in [2.24, 2.45) is 0 Å². The summed E-state index contributed by atoms with van der Waals surface area (Å²) in [5.41, 5.74) is -0.00232. The molecule has 9 nitrogen and oxygen atoms in total. The molecule has 1 rings (SSSR count). The largest absolute Gasteiger partial charge is 0.452 e. The molecule has 1 aromatic rings. The van der Waals surface area contributed by atoms with Crippen LogP contribution in [-0.2, 0) is 24.3 Å². The third-order valence-corrected chi connectivity index (χ3v) is 5.12. The van der Waals surface area contributed by atoms with Gasteiger partial charge in [-0.05, 0) is 32.0 Å². The predicted molar refractivity (Wildman–Crippen MR) is 93.9 cm³/mol. The quantitative estimate of drug-likeness (QED) is 0.594. The van der Waals surface area contributed by atoms with Gasteiger partial charge in [0.25, 0.3) is 5.91 Å². The SMILES string of the molecule is CCNC(=O)[C@H](C)NC(=O)COC(=O)c1cccc(S(=O)(=O)N(C)C)c1. The van der Waals surface area contributed by atoms with Crippen molar-refractivity contribution in [1.82, 2.24) is 14.9 Å².